The summed E-state index contributed by atoms with van der Waals surface area (Å²) in [7, 11) is 0. The van der Waals surface area contributed by atoms with Crippen molar-refractivity contribution in [2.45, 2.75) is 97.5 Å². The van der Waals surface area contributed by atoms with E-state index in [1.807, 2.05) is 0 Å². The van der Waals surface area contributed by atoms with E-state index in [1.165, 1.54) is 5.57 Å². The van der Waals surface area contributed by atoms with Gasteiger partial charge in [0.2, 0.25) is 0 Å². The molecule has 4 atom stereocenters. The molecule has 0 aromatic carbocycles. The first-order valence-electron chi connectivity index (χ1n) is 10.5. The molecule has 0 spiro atoms. The smallest absolute Gasteiger partial charge is 0.306 e. The van der Waals surface area contributed by atoms with Crippen LogP contribution in [0.25, 0.3) is 0 Å². The number of carbonyl (C=O) groups excluding carboxylic acids is 2. The van der Waals surface area contributed by atoms with Gasteiger partial charge in [-0.15, -0.1) is 0 Å². The minimum Gasteiger partial charge on any atom is -0.462 e. The molecule has 3 aliphatic carbocycles. The van der Waals surface area contributed by atoms with Gasteiger partial charge in [-0.1, -0.05) is 39.2 Å². The fraction of sp³-hybridized carbons (Fsp3) is 0.818. The van der Waals surface area contributed by atoms with E-state index in [1.54, 1.807) is 0 Å². The predicted octanol–water partition coefficient (Wildman–Crippen LogP) is 5.37. The Morgan fingerprint density at radius 3 is 2.68 bits per heavy atom. The van der Waals surface area contributed by atoms with E-state index in [4.69, 9.17) is 4.74 Å². The van der Waals surface area contributed by atoms with Crippen LogP contribution in [0.15, 0.2) is 11.1 Å². The summed E-state index contributed by atoms with van der Waals surface area (Å²) in [5, 5.41) is 0. The van der Waals surface area contributed by atoms with E-state index in [2.05, 4.69) is 20.8 Å². The number of carbonyl (C=O) groups is 2. The van der Waals surface area contributed by atoms with E-state index < -0.39 is 0 Å². The molecule has 140 valence electrons. The summed E-state index contributed by atoms with van der Waals surface area (Å²) in [6, 6.07) is 0. The van der Waals surface area contributed by atoms with Gasteiger partial charge in [-0.3, -0.25) is 9.59 Å². The van der Waals surface area contributed by atoms with E-state index in [-0.39, 0.29) is 17.5 Å². The van der Waals surface area contributed by atoms with Gasteiger partial charge in [-0.05, 0) is 62.4 Å². The standard InChI is InChI=1S/C22H34O3/c1-4-6-7-8-21(24)25-20-12-10-18-17-9-11-19(23)15(5-2)16(17)13-14-22(18,20)3/h17-18,20H,4-14H2,1-3H3/t17?,18?,20-,22-/m1/s1. The Balaban J connectivity index is 1.71. The van der Waals surface area contributed by atoms with Crippen LogP contribution in [0, 0.1) is 17.3 Å². The molecule has 0 heterocycles. The number of rotatable bonds is 6. The zero-order chi connectivity index (χ0) is 18.0. The van der Waals surface area contributed by atoms with Gasteiger partial charge in [0.1, 0.15) is 6.10 Å². The highest BCUT2D eigenvalue weighted by Gasteiger charge is 2.55. The molecule has 0 N–H and O–H groups in total. The number of hydrogen-bond donors (Lipinski definition) is 0. The zero-order valence-corrected chi connectivity index (χ0v) is 16.2. The highest BCUT2D eigenvalue weighted by Crippen LogP contribution is 2.59. The quantitative estimate of drug-likeness (QED) is 0.479. The summed E-state index contributed by atoms with van der Waals surface area (Å²) in [4.78, 5) is 24.5. The Morgan fingerprint density at radius 2 is 1.96 bits per heavy atom. The maximum absolute atomic E-state index is 12.3. The molecular formula is C22H34O3. The summed E-state index contributed by atoms with van der Waals surface area (Å²) in [5.74, 6) is 1.51. The molecule has 3 rings (SSSR count). The second-order valence-corrected chi connectivity index (χ2v) is 8.55. The number of fused-ring (bicyclic) bond motifs is 3. The number of hydrogen-bond acceptors (Lipinski definition) is 3. The lowest BCUT2D eigenvalue weighted by Crippen LogP contribution is -2.43. The average molecular weight is 347 g/mol. The topological polar surface area (TPSA) is 43.4 Å². The van der Waals surface area contributed by atoms with Crippen molar-refractivity contribution in [2.75, 3.05) is 0 Å². The number of ether oxygens (including phenoxy) is 1. The average Bonchev–Trinajstić information content (AvgIpc) is 2.92. The lowest BCUT2D eigenvalue weighted by Gasteiger charge is -2.47. The van der Waals surface area contributed by atoms with Crippen LogP contribution < -0.4 is 0 Å². The third-order valence-corrected chi connectivity index (χ3v) is 7.21. The third-order valence-electron chi connectivity index (χ3n) is 7.21. The maximum atomic E-state index is 12.3. The highest BCUT2D eigenvalue weighted by molar-refractivity contribution is 5.97. The van der Waals surface area contributed by atoms with Gasteiger partial charge in [0.15, 0.2) is 5.78 Å². The molecule has 3 nitrogen and oxygen atoms in total. The third kappa shape index (κ3) is 3.44. The van der Waals surface area contributed by atoms with Gasteiger partial charge in [-0.2, -0.15) is 0 Å². The minimum absolute atomic E-state index is 0.00488. The summed E-state index contributed by atoms with van der Waals surface area (Å²) in [5.41, 5.74) is 2.68. The molecule has 0 radical (unpaired) electrons. The van der Waals surface area contributed by atoms with Crippen molar-refractivity contribution in [2.24, 2.45) is 17.3 Å². The van der Waals surface area contributed by atoms with Crippen molar-refractivity contribution in [3.05, 3.63) is 11.1 Å². The normalized spacial score (nSPS) is 34.7. The number of unbranched alkanes of at least 4 members (excludes halogenated alkanes) is 2. The first kappa shape index (κ1) is 18.7. The fourth-order valence-corrected chi connectivity index (χ4v) is 5.79. The maximum Gasteiger partial charge on any atom is 0.306 e. The van der Waals surface area contributed by atoms with Gasteiger partial charge in [0.25, 0.3) is 0 Å². The Morgan fingerprint density at radius 1 is 1.16 bits per heavy atom. The van der Waals surface area contributed by atoms with E-state index in [9.17, 15) is 9.59 Å². The molecular weight excluding hydrogens is 312 g/mol. The molecule has 25 heavy (non-hydrogen) atoms. The molecule has 2 fully saturated rings. The van der Waals surface area contributed by atoms with Crippen LogP contribution in [0.3, 0.4) is 0 Å². The van der Waals surface area contributed by atoms with Crippen LogP contribution in [0.4, 0.5) is 0 Å². The van der Waals surface area contributed by atoms with Gasteiger partial charge in [-0.25, -0.2) is 0 Å². The Bertz CT molecular complexity index is 562. The van der Waals surface area contributed by atoms with Crippen LogP contribution in [-0.4, -0.2) is 17.9 Å². The summed E-state index contributed by atoms with van der Waals surface area (Å²) < 4.78 is 5.96. The van der Waals surface area contributed by atoms with Crippen molar-refractivity contribution in [1.82, 2.24) is 0 Å². The second-order valence-electron chi connectivity index (χ2n) is 8.55. The lowest BCUT2D eigenvalue weighted by molar-refractivity contribution is -0.156. The fourth-order valence-electron chi connectivity index (χ4n) is 5.79. The van der Waals surface area contributed by atoms with E-state index in [0.717, 1.165) is 63.4 Å². The minimum atomic E-state index is -0.00488. The van der Waals surface area contributed by atoms with Gasteiger partial charge < -0.3 is 4.74 Å². The van der Waals surface area contributed by atoms with Crippen molar-refractivity contribution < 1.29 is 14.3 Å². The molecule has 3 aliphatic rings. The van der Waals surface area contributed by atoms with Gasteiger partial charge >= 0.3 is 5.97 Å². The summed E-state index contributed by atoms with van der Waals surface area (Å²) >= 11 is 0. The number of ketones is 1. The molecule has 0 aromatic heterocycles. The molecule has 0 aliphatic heterocycles. The number of esters is 1. The highest BCUT2D eigenvalue weighted by atomic mass is 16.5. The van der Waals surface area contributed by atoms with Crippen molar-refractivity contribution in [3.63, 3.8) is 0 Å². The summed E-state index contributed by atoms with van der Waals surface area (Å²) in [6.07, 6.45) is 10.6. The van der Waals surface area contributed by atoms with Crippen LogP contribution in [0.5, 0.6) is 0 Å². The SMILES string of the molecule is CCCCCC(=O)O[C@@H]1CCC2C3CCC(=O)C(CC)=C3CC[C@]21C. The van der Waals surface area contributed by atoms with Gasteiger partial charge in [0.05, 0.1) is 0 Å². The molecule has 3 heteroatoms. The van der Waals surface area contributed by atoms with Crippen molar-refractivity contribution in [1.29, 1.82) is 0 Å². The molecule has 0 bridgehead atoms. The largest absolute Gasteiger partial charge is 0.462 e. The monoisotopic (exact) mass is 346 g/mol. The molecule has 2 unspecified atom stereocenters. The zero-order valence-electron chi connectivity index (χ0n) is 16.2. The lowest BCUT2D eigenvalue weighted by atomic mass is 9.58. The number of allylic oxidation sites excluding steroid dienone is 2. The molecule has 0 saturated heterocycles. The molecule has 2 saturated carbocycles. The Kier molecular flexibility index (Phi) is 5.70. The molecule has 0 amide bonds. The molecule has 0 aromatic rings. The van der Waals surface area contributed by atoms with E-state index in [0.29, 0.717) is 30.5 Å². The first-order chi connectivity index (χ1) is 12.0. The number of Topliss-reactive ketones (excluding diaryl/α,β-unsaturated/α-hetero) is 1. The van der Waals surface area contributed by atoms with Gasteiger partial charge in [0, 0.05) is 18.3 Å². The van der Waals surface area contributed by atoms with Crippen LogP contribution >= 0.6 is 0 Å². The van der Waals surface area contributed by atoms with Crippen LogP contribution in [0.2, 0.25) is 0 Å². The predicted molar refractivity (Wildman–Crippen MR) is 99.1 cm³/mol. The second kappa shape index (κ2) is 7.63. The van der Waals surface area contributed by atoms with E-state index >= 15 is 0 Å². The first-order valence-corrected chi connectivity index (χ1v) is 10.5. The van der Waals surface area contributed by atoms with Crippen molar-refractivity contribution in [3.8, 4) is 0 Å². The van der Waals surface area contributed by atoms with Crippen molar-refractivity contribution >= 4 is 11.8 Å². The summed E-state index contributed by atoms with van der Waals surface area (Å²) in [6.45, 7) is 6.61. The Hall–Kier alpha value is -1.12. The van der Waals surface area contributed by atoms with Crippen LogP contribution in [-0.2, 0) is 14.3 Å². The van der Waals surface area contributed by atoms with Crippen LogP contribution in [0.1, 0.15) is 91.4 Å². The Labute approximate surface area is 152 Å².